The molecular weight excluding hydrogens is 368 g/mol. The van der Waals surface area contributed by atoms with Gasteiger partial charge in [-0.15, -0.1) is 0 Å². The second kappa shape index (κ2) is 7.24. The lowest BCUT2D eigenvalue weighted by atomic mass is 9.85. The predicted octanol–water partition coefficient (Wildman–Crippen LogP) is 5.83. The van der Waals surface area contributed by atoms with Crippen LogP contribution in [0.1, 0.15) is 42.5 Å². The number of ether oxygens (including phenoxy) is 1. The Kier molecular flexibility index (Phi) is 4.54. The highest BCUT2D eigenvalue weighted by Gasteiger charge is 2.30. The Bertz CT molecular complexity index is 1230. The average Bonchev–Trinajstić information content (AvgIpc) is 3.05. The largest absolute Gasteiger partial charge is 0.488 e. The van der Waals surface area contributed by atoms with Gasteiger partial charge in [0.05, 0.1) is 11.2 Å². The lowest BCUT2D eigenvalue weighted by molar-refractivity contribution is -0.375. The van der Waals surface area contributed by atoms with Crippen LogP contribution in [0.25, 0.3) is 22.2 Å². The van der Waals surface area contributed by atoms with Gasteiger partial charge in [-0.25, -0.2) is 9.97 Å². The molecule has 4 aromatic rings. The Labute approximate surface area is 177 Å². The molecule has 3 heteroatoms. The summed E-state index contributed by atoms with van der Waals surface area (Å²) in [6, 6.07) is 19.1. The van der Waals surface area contributed by atoms with E-state index in [-0.39, 0.29) is 5.41 Å². The van der Waals surface area contributed by atoms with Crippen LogP contribution in [-0.4, -0.2) is 4.98 Å². The van der Waals surface area contributed by atoms with Crippen LogP contribution in [0.15, 0.2) is 67.0 Å². The van der Waals surface area contributed by atoms with Gasteiger partial charge in [-0.3, -0.25) is 0 Å². The fraction of sp³-hybridized carbons (Fsp3) is 0.259. The van der Waals surface area contributed by atoms with E-state index in [0.717, 1.165) is 34.3 Å². The number of pyridine rings is 2. The van der Waals surface area contributed by atoms with Gasteiger partial charge in [0.1, 0.15) is 17.7 Å². The van der Waals surface area contributed by atoms with Gasteiger partial charge in [0.25, 0.3) is 0 Å². The van der Waals surface area contributed by atoms with Crippen LogP contribution in [0.3, 0.4) is 0 Å². The third-order valence-electron chi connectivity index (χ3n) is 6.33. The van der Waals surface area contributed by atoms with Crippen molar-refractivity contribution in [3.8, 4) is 17.0 Å². The topological polar surface area (TPSA) is 36.3 Å². The first-order valence-corrected chi connectivity index (χ1v) is 10.6. The van der Waals surface area contributed by atoms with E-state index in [2.05, 4.69) is 56.1 Å². The lowest BCUT2D eigenvalue weighted by Crippen LogP contribution is -2.12. The molecule has 5 rings (SSSR count). The molecule has 0 amide bonds. The maximum absolute atomic E-state index is 6.27. The highest BCUT2D eigenvalue weighted by Crippen LogP contribution is 2.41. The van der Waals surface area contributed by atoms with Crippen molar-refractivity contribution in [3.63, 3.8) is 0 Å². The SMILES string of the molecule is Cc1cc2c(cc1-c1cc(OCc3ccccc3)c3c[nH+]ccc3n1)CCC2(C)C. The Morgan fingerprint density at radius 3 is 2.73 bits per heavy atom. The third kappa shape index (κ3) is 3.35. The smallest absolute Gasteiger partial charge is 0.180 e. The van der Waals surface area contributed by atoms with E-state index >= 15 is 0 Å². The molecule has 0 spiro atoms. The van der Waals surface area contributed by atoms with Gasteiger partial charge in [-0.05, 0) is 53.5 Å². The van der Waals surface area contributed by atoms with Gasteiger partial charge in [0.2, 0.25) is 0 Å². The fourth-order valence-electron chi connectivity index (χ4n) is 4.52. The molecule has 1 aliphatic carbocycles. The van der Waals surface area contributed by atoms with Crippen LogP contribution in [-0.2, 0) is 18.4 Å². The maximum atomic E-state index is 6.27. The summed E-state index contributed by atoms with van der Waals surface area (Å²) in [7, 11) is 0. The number of hydrogen-bond acceptors (Lipinski definition) is 2. The minimum Gasteiger partial charge on any atom is -0.488 e. The zero-order chi connectivity index (χ0) is 20.7. The van der Waals surface area contributed by atoms with Crippen LogP contribution >= 0.6 is 0 Å². The first-order valence-electron chi connectivity index (χ1n) is 10.6. The van der Waals surface area contributed by atoms with Crippen LogP contribution in [0, 0.1) is 6.92 Å². The highest BCUT2D eigenvalue weighted by molar-refractivity contribution is 5.87. The van der Waals surface area contributed by atoms with Crippen molar-refractivity contribution in [2.24, 2.45) is 0 Å². The summed E-state index contributed by atoms with van der Waals surface area (Å²) in [6.07, 6.45) is 6.22. The number of nitrogens with one attached hydrogen (secondary N) is 1. The molecule has 2 aromatic heterocycles. The van der Waals surface area contributed by atoms with Crippen LogP contribution in [0.2, 0.25) is 0 Å². The molecule has 1 N–H and O–H groups in total. The lowest BCUT2D eigenvalue weighted by Gasteiger charge is -2.20. The fourth-order valence-corrected chi connectivity index (χ4v) is 4.52. The second-order valence-corrected chi connectivity index (χ2v) is 8.93. The van der Waals surface area contributed by atoms with Gasteiger partial charge >= 0.3 is 0 Å². The monoisotopic (exact) mass is 395 g/mol. The van der Waals surface area contributed by atoms with Gasteiger partial charge in [0, 0.05) is 17.7 Å². The summed E-state index contributed by atoms with van der Waals surface area (Å²) in [6.45, 7) is 7.42. The van der Waals surface area contributed by atoms with Crippen molar-refractivity contribution in [1.29, 1.82) is 0 Å². The number of aromatic nitrogens is 2. The molecule has 30 heavy (non-hydrogen) atoms. The normalized spacial score (nSPS) is 14.6. The van der Waals surface area contributed by atoms with Crippen molar-refractivity contribution >= 4 is 10.9 Å². The van der Waals surface area contributed by atoms with E-state index in [4.69, 9.17) is 9.72 Å². The van der Waals surface area contributed by atoms with Crippen molar-refractivity contribution in [3.05, 3.63) is 89.2 Å². The Morgan fingerprint density at radius 1 is 1.07 bits per heavy atom. The molecule has 0 aliphatic heterocycles. The summed E-state index contributed by atoms with van der Waals surface area (Å²) in [4.78, 5) is 8.15. The number of H-pyrrole nitrogens is 1. The van der Waals surface area contributed by atoms with Gasteiger partial charge in [0.15, 0.2) is 12.4 Å². The van der Waals surface area contributed by atoms with E-state index in [1.165, 1.54) is 28.7 Å². The quantitative estimate of drug-likeness (QED) is 0.436. The van der Waals surface area contributed by atoms with E-state index < -0.39 is 0 Å². The zero-order valence-electron chi connectivity index (χ0n) is 17.8. The van der Waals surface area contributed by atoms with Crippen LogP contribution in [0.4, 0.5) is 0 Å². The molecular formula is C27H27N2O+. The van der Waals surface area contributed by atoms with E-state index in [0.29, 0.717) is 6.61 Å². The zero-order valence-corrected chi connectivity index (χ0v) is 17.8. The van der Waals surface area contributed by atoms with E-state index in [1.54, 1.807) is 0 Å². The minimum atomic E-state index is 0.259. The number of hydrogen-bond donors (Lipinski definition) is 0. The van der Waals surface area contributed by atoms with Crippen molar-refractivity contribution < 1.29 is 9.72 Å². The molecule has 2 aromatic carbocycles. The molecule has 0 atom stereocenters. The van der Waals surface area contributed by atoms with Crippen LogP contribution < -0.4 is 9.72 Å². The molecule has 0 unspecified atom stereocenters. The van der Waals surface area contributed by atoms with Crippen molar-refractivity contribution in [2.75, 3.05) is 0 Å². The average molecular weight is 396 g/mol. The maximum Gasteiger partial charge on any atom is 0.180 e. The van der Waals surface area contributed by atoms with Gasteiger partial charge in [-0.2, -0.15) is 0 Å². The van der Waals surface area contributed by atoms with E-state index in [9.17, 15) is 0 Å². The molecule has 1 aliphatic rings. The highest BCUT2D eigenvalue weighted by atomic mass is 16.5. The first kappa shape index (κ1) is 18.8. The molecule has 0 fully saturated rings. The Morgan fingerprint density at radius 2 is 1.90 bits per heavy atom. The molecule has 150 valence electrons. The Hall–Kier alpha value is -3.20. The second-order valence-electron chi connectivity index (χ2n) is 8.93. The molecule has 0 saturated heterocycles. The standard InChI is InChI=1S/C27H26N2O/c1-18-13-23-20(9-11-27(23,2)3)14-21(18)25-15-26(22-16-28-12-10-24(22)29-25)30-17-19-7-5-4-6-8-19/h4-8,10,12-16H,9,11,17H2,1-3H3/p+1. The number of fused-ring (bicyclic) bond motifs is 2. The number of rotatable bonds is 4. The van der Waals surface area contributed by atoms with Crippen molar-refractivity contribution in [1.82, 2.24) is 4.98 Å². The Balaban J connectivity index is 1.59. The van der Waals surface area contributed by atoms with Crippen LogP contribution in [0.5, 0.6) is 5.75 Å². The first-order chi connectivity index (χ1) is 14.5. The summed E-state index contributed by atoms with van der Waals surface area (Å²) in [5.74, 6) is 0.857. The summed E-state index contributed by atoms with van der Waals surface area (Å²) in [5, 5.41) is 0.997. The molecule has 3 nitrogen and oxygen atoms in total. The molecule has 0 bridgehead atoms. The summed E-state index contributed by atoms with van der Waals surface area (Å²) < 4.78 is 6.27. The molecule has 0 radical (unpaired) electrons. The summed E-state index contributed by atoms with van der Waals surface area (Å²) in [5.41, 5.74) is 8.74. The van der Waals surface area contributed by atoms with Crippen molar-refractivity contribution in [2.45, 2.75) is 45.6 Å². The third-order valence-corrected chi connectivity index (χ3v) is 6.33. The summed E-state index contributed by atoms with van der Waals surface area (Å²) >= 11 is 0. The van der Waals surface area contributed by atoms with Gasteiger partial charge in [-0.1, -0.05) is 50.2 Å². The predicted molar refractivity (Wildman–Crippen MR) is 121 cm³/mol. The number of nitrogens with zero attached hydrogens (tertiary/aromatic N) is 1. The van der Waals surface area contributed by atoms with Gasteiger partial charge < -0.3 is 4.74 Å². The number of benzene rings is 2. The molecule has 2 heterocycles. The van der Waals surface area contributed by atoms with E-state index in [1.807, 2.05) is 36.7 Å². The molecule has 0 saturated carbocycles. The number of aromatic amines is 1. The number of aryl methyl sites for hydroxylation is 2. The minimum absolute atomic E-state index is 0.259.